The minimum absolute atomic E-state index is 0.0243. The average Bonchev–Trinajstić information content (AvgIpc) is 2.87. The fraction of sp³-hybridized carbons (Fsp3) is 0.929. The molecule has 0 radical (unpaired) electrons. The summed E-state index contributed by atoms with van der Waals surface area (Å²) in [7, 11) is 0. The van der Waals surface area contributed by atoms with Crippen LogP contribution in [0.5, 0.6) is 0 Å². The lowest BCUT2D eigenvalue weighted by Crippen LogP contribution is -2.45. The number of rotatable bonds is 7. The lowest BCUT2D eigenvalue weighted by Gasteiger charge is -2.24. The van der Waals surface area contributed by atoms with Crippen LogP contribution in [0.2, 0.25) is 0 Å². The third-order valence-corrected chi connectivity index (χ3v) is 3.83. The standard InChI is InChI=1S/C14H27NO3/c1-4-13(18-12-7-5-6-8-12)14(17)15-11(3)10(2)9-16/h10-13,16H,4-9H2,1-3H3,(H,15,17). The lowest BCUT2D eigenvalue weighted by atomic mass is 10.0. The molecule has 0 aromatic rings. The number of aliphatic hydroxyl groups excluding tert-OH is 1. The second-order valence-corrected chi connectivity index (χ2v) is 5.40. The Bertz CT molecular complexity index is 251. The number of nitrogens with one attached hydrogen (secondary N) is 1. The summed E-state index contributed by atoms with van der Waals surface area (Å²) in [6, 6.07) is -0.0243. The zero-order valence-electron chi connectivity index (χ0n) is 11.8. The molecule has 0 aromatic heterocycles. The monoisotopic (exact) mass is 257 g/mol. The van der Waals surface area contributed by atoms with E-state index in [2.05, 4.69) is 5.32 Å². The Balaban J connectivity index is 2.40. The SMILES string of the molecule is CCC(OC1CCCC1)C(=O)NC(C)C(C)CO. The first-order chi connectivity index (χ1) is 8.58. The van der Waals surface area contributed by atoms with Gasteiger partial charge < -0.3 is 15.2 Å². The molecule has 1 rings (SSSR count). The summed E-state index contributed by atoms with van der Waals surface area (Å²) in [5, 5.41) is 12.0. The Kier molecular flexibility index (Phi) is 6.65. The summed E-state index contributed by atoms with van der Waals surface area (Å²) in [5.74, 6) is 0.0233. The van der Waals surface area contributed by atoms with Crippen LogP contribution < -0.4 is 5.32 Å². The van der Waals surface area contributed by atoms with Gasteiger partial charge >= 0.3 is 0 Å². The predicted octanol–water partition coefficient (Wildman–Crippen LogP) is 1.86. The van der Waals surface area contributed by atoms with E-state index in [0.29, 0.717) is 6.42 Å². The molecule has 1 amide bonds. The van der Waals surface area contributed by atoms with Crippen LogP contribution in [0, 0.1) is 5.92 Å². The van der Waals surface area contributed by atoms with Gasteiger partial charge in [-0.2, -0.15) is 0 Å². The molecule has 0 spiro atoms. The van der Waals surface area contributed by atoms with E-state index in [4.69, 9.17) is 9.84 Å². The Morgan fingerprint density at radius 1 is 1.39 bits per heavy atom. The van der Waals surface area contributed by atoms with E-state index >= 15 is 0 Å². The fourth-order valence-corrected chi connectivity index (χ4v) is 2.22. The molecule has 1 fully saturated rings. The van der Waals surface area contributed by atoms with Crippen molar-refractivity contribution in [2.75, 3.05) is 6.61 Å². The smallest absolute Gasteiger partial charge is 0.249 e. The second-order valence-electron chi connectivity index (χ2n) is 5.40. The van der Waals surface area contributed by atoms with Gasteiger partial charge in [-0.15, -0.1) is 0 Å². The number of aliphatic hydroxyl groups is 1. The zero-order chi connectivity index (χ0) is 13.5. The number of ether oxygens (including phenoxy) is 1. The van der Waals surface area contributed by atoms with Gasteiger partial charge in [0, 0.05) is 12.6 Å². The highest BCUT2D eigenvalue weighted by Gasteiger charge is 2.25. The van der Waals surface area contributed by atoms with E-state index in [1.807, 2.05) is 20.8 Å². The van der Waals surface area contributed by atoms with Gasteiger partial charge in [-0.25, -0.2) is 0 Å². The van der Waals surface area contributed by atoms with Crippen molar-refractivity contribution in [2.45, 2.75) is 71.1 Å². The second kappa shape index (κ2) is 7.74. The molecular formula is C14H27NO3. The molecule has 0 heterocycles. The van der Waals surface area contributed by atoms with Crippen LogP contribution >= 0.6 is 0 Å². The number of carbonyl (C=O) groups is 1. The van der Waals surface area contributed by atoms with Crippen molar-refractivity contribution in [1.29, 1.82) is 0 Å². The van der Waals surface area contributed by atoms with Gasteiger partial charge in [-0.3, -0.25) is 4.79 Å². The highest BCUT2D eigenvalue weighted by Crippen LogP contribution is 2.23. The Labute approximate surface area is 110 Å². The average molecular weight is 257 g/mol. The van der Waals surface area contributed by atoms with Gasteiger partial charge in [-0.05, 0) is 32.1 Å². The van der Waals surface area contributed by atoms with Crippen LogP contribution in [0.15, 0.2) is 0 Å². The zero-order valence-corrected chi connectivity index (χ0v) is 11.8. The molecule has 0 saturated heterocycles. The summed E-state index contributed by atoms with van der Waals surface area (Å²) in [4.78, 5) is 12.1. The molecule has 3 atom stereocenters. The van der Waals surface area contributed by atoms with Crippen LogP contribution in [-0.2, 0) is 9.53 Å². The number of carbonyl (C=O) groups excluding carboxylic acids is 1. The van der Waals surface area contributed by atoms with Crippen LogP contribution in [0.4, 0.5) is 0 Å². The van der Waals surface area contributed by atoms with Crippen molar-refractivity contribution in [3.05, 3.63) is 0 Å². The van der Waals surface area contributed by atoms with Crippen LogP contribution in [0.25, 0.3) is 0 Å². The fourth-order valence-electron chi connectivity index (χ4n) is 2.22. The quantitative estimate of drug-likeness (QED) is 0.732. The van der Waals surface area contributed by atoms with Crippen molar-refractivity contribution in [3.63, 3.8) is 0 Å². The normalized spacial score (nSPS) is 21.6. The van der Waals surface area contributed by atoms with E-state index in [9.17, 15) is 4.79 Å². The third-order valence-electron chi connectivity index (χ3n) is 3.83. The van der Waals surface area contributed by atoms with Crippen molar-refractivity contribution in [2.24, 2.45) is 5.92 Å². The molecule has 2 N–H and O–H groups in total. The molecule has 1 saturated carbocycles. The van der Waals surface area contributed by atoms with Crippen LogP contribution in [0.3, 0.4) is 0 Å². The maximum atomic E-state index is 12.1. The van der Waals surface area contributed by atoms with Gasteiger partial charge in [0.2, 0.25) is 5.91 Å². The Morgan fingerprint density at radius 2 is 2.00 bits per heavy atom. The lowest BCUT2D eigenvalue weighted by molar-refractivity contribution is -0.137. The largest absolute Gasteiger partial charge is 0.396 e. The summed E-state index contributed by atoms with van der Waals surface area (Å²) in [5.41, 5.74) is 0. The van der Waals surface area contributed by atoms with Gasteiger partial charge in [0.25, 0.3) is 0 Å². The maximum absolute atomic E-state index is 12.1. The summed E-state index contributed by atoms with van der Waals surface area (Å²) >= 11 is 0. The van der Waals surface area contributed by atoms with E-state index in [0.717, 1.165) is 12.8 Å². The van der Waals surface area contributed by atoms with Crippen molar-refractivity contribution in [1.82, 2.24) is 5.32 Å². The molecular weight excluding hydrogens is 230 g/mol. The molecule has 4 nitrogen and oxygen atoms in total. The minimum Gasteiger partial charge on any atom is -0.396 e. The highest BCUT2D eigenvalue weighted by atomic mass is 16.5. The van der Waals surface area contributed by atoms with Crippen molar-refractivity contribution < 1.29 is 14.6 Å². The van der Waals surface area contributed by atoms with E-state index in [-0.39, 0.29) is 36.7 Å². The molecule has 1 aliphatic carbocycles. The molecule has 106 valence electrons. The summed E-state index contributed by atoms with van der Waals surface area (Å²) in [6.45, 7) is 5.89. The van der Waals surface area contributed by atoms with Gasteiger partial charge in [0.1, 0.15) is 6.10 Å². The summed E-state index contributed by atoms with van der Waals surface area (Å²) < 4.78 is 5.86. The Morgan fingerprint density at radius 3 is 2.50 bits per heavy atom. The van der Waals surface area contributed by atoms with Crippen molar-refractivity contribution in [3.8, 4) is 0 Å². The van der Waals surface area contributed by atoms with E-state index in [1.54, 1.807) is 0 Å². The number of hydrogen-bond acceptors (Lipinski definition) is 3. The molecule has 18 heavy (non-hydrogen) atoms. The molecule has 0 bridgehead atoms. The van der Waals surface area contributed by atoms with Gasteiger partial charge in [-0.1, -0.05) is 26.7 Å². The van der Waals surface area contributed by atoms with Crippen LogP contribution in [0.1, 0.15) is 52.9 Å². The number of amides is 1. The molecule has 1 aliphatic rings. The number of hydrogen-bond donors (Lipinski definition) is 2. The topological polar surface area (TPSA) is 58.6 Å². The van der Waals surface area contributed by atoms with E-state index in [1.165, 1.54) is 12.8 Å². The molecule has 3 unspecified atom stereocenters. The first-order valence-electron chi connectivity index (χ1n) is 7.15. The van der Waals surface area contributed by atoms with Gasteiger partial charge in [0.15, 0.2) is 0 Å². The van der Waals surface area contributed by atoms with Crippen molar-refractivity contribution >= 4 is 5.91 Å². The highest BCUT2D eigenvalue weighted by molar-refractivity contribution is 5.81. The maximum Gasteiger partial charge on any atom is 0.249 e. The Hall–Kier alpha value is -0.610. The minimum atomic E-state index is -0.346. The van der Waals surface area contributed by atoms with Crippen LogP contribution in [-0.4, -0.2) is 35.9 Å². The van der Waals surface area contributed by atoms with Gasteiger partial charge in [0.05, 0.1) is 6.10 Å². The molecule has 4 heteroatoms. The molecule has 0 aliphatic heterocycles. The molecule has 0 aromatic carbocycles. The summed E-state index contributed by atoms with van der Waals surface area (Å²) in [6.07, 6.45) is 5.18. The third kappa shape index (κ3) is 4.58. The first-order valence-corrected chi connectivity index (χ1v) is 7.15. The van der Waals surface area contributed by atoms with E-state index < -0.39 is 0 Å². The predicted molar refractivity (Wildman–Crippen MR) is 71.3 cm³/mol. The first kappa shape index (κ1) is 15.4.